The van der Waals surface area contributed by atoms with Crippen molar-refractivity contribution in [2.24, 2.45) is 0 Å². The van der Waals surface area contributed by atoms with E-state index in [1.54, 1.807) is 0 Å². The molecule has 0 aromatic heterocycles. The van der Waals surface area contributed by atoms with E-state index in [-0.39, 0.29) is 12.1 Å². The molecule has 6 heteroatoms. The topological polar surface area (TPSA) is 44.8 Å². The molecule has 132 valence electrons. The predicted molar refractivity (Wildman–Crippen MR) is 98.4 cm³/mol. The van der Waals surface area contributed by atoms with Crippen LogP contribution in [0.5, 0.6) is 0 Å². The molecule has 3 rings (SSSR count). The predicted octanol–water partition coefficient (Wildman–Crippen LogP) is 2.04. The molecule has 2 fully saturated rings. The second-order valence-electron chi connectivity index (χ2n) is 6.33. The molecule has 5 nitrogen and oxygen atoms in total. The lowest BCUT2D eigenvalue weighted by atomic mass is 10.2. The minimum atomic E-state index is 0.0691. The highest BCUT2D eigenvalue weighted by atomic mass is 32.2. The van der Waals surface area contributed by atoms with Crippen LogP contribution in [0.3, 0.4) is 0 Å². The molecule has 2 amide bonds. The van der Waals surface area contributed by atoms with Crippen molar-refractivity contribution in [3.8, 4) is 0 Å². The molecule has 1 atom stereocenters. The van der Waals surface area contributed by atoms with Gasteiger partial charge in [-0.1, -0.05) is 30.3 Å². The molecule has 0 aliphatic carbocycles. The zero-order chi connectivity index (χ0) is 16.6. The molecule has 1 N–H and O–H groups in total. The van der Waals surface area contributed by atoms with Crippen molar-refractivity contribution in [1.29, 1.82) is 0 Å². The summed E-state index contributed by atoms with van der Waals surface area (Å²) in [6.07, 6.45) is 1.07. The molecule has 0 radical (unpaired) electrons. The van der Waals surface area contributed by atoms with Gasteiger partial charge in [-0.15, -0.1) is 0 Å². The van der Waals surface area contributed by atoms with Gasteiger partial charge in [0.05, 0.1) is 19.3 Å². The molecule has 2 aliphatic rings. The largest absolute Gasteiger partial charge is 0.379 e. The number of ether oxygens (including phenoxy) is 1. The lowest BCUT2D eigenvalue weighted by molar-refractivity contribution is 0.0283. The molecule has 24 heavy (non-hydrogen) atoms. The summed E-state index contributed by atoms with van der Waals surface area (Å²) < 4.78 is 5.44. The van der Waals surface area contributed by atoms with Crippen molar-refractivity contribution in [3.05, 3.63) is 35.9 Å². The van der Waals surface area contributed by atoms with E-state index in [1.165, 1.54) is 0 Å². The van der Waals surface area contributed by atoms with Crippen LogP contribution >= 0.6 is 11.8 Å². The second-order valence-corrected chi connectivity index (χ2v) is 7.48. The van der Waals surface area contributed by atoms with Crippen molar-refractivity contribution >= 4 is 17.8 Å². The molecule has 2 aliphatic heterocycles. The second kappa shape index (κ2) is 9.30. The van der Waals surface area contributed by atoms with Crippen molar-refractivity contribution in [3.63, 3.8) is 0 Å². The third-order valence-electron chi connectivity index (χ3n) is 4.56. The molecule has 1 aromatic carbocycles. The van der Waals surface area contributed by atoms with E-state index in [1.807, 2.05) is 42.1 Å². The van der Waals surface area contributed by atoms with E-state index >= 15 is 0 Å². The summed E-state index contributed by atoms with van der Waals surface area (Å²) in [5.41, 5.74) is 1.14. The van der Waals surface area contributed by atoms with Crippen LogP contribution in [0, 0.1) is 0 Å². The average molecular weight is 350 g/mol. The number of hydrogen-bond donors (Lipinski definition) is 1. The van der Waals surface area contributed by atoms with E-state index in [4.69, 9.17) is 4.74 Å². The third kappa shape index (κ3) is 5.13. The third-order valence-corrected chi connectivity index (χ3v) is 5.76. The Balaban J connectivity index is 1.57. The van der Waals surface area contributed by atoms with Crippen LogP contribution in [0.1, 0.15) is 12.0 Å². The van der Waals surface area contributed by atoms with Gasteiger partial charge >= 0.3 is 6.03 Å². The lowest BCUT2D eigenvalue weighted by Gasteiger charge is -2.35. The summed E-state index contributed by atoms with van der Waals surface area (Å²) in [4.78, 5) is 17.2. The normalized spacial score (nSPS) is 22.8. The number of amides is 2. The Hall–Kier alpha value is -1.24. The molecule has 0 unspecified atom stereocenters. The average Bonchev–Trinajstić information content (AvgIpc) is 2.87. The summed E-state index contributed by atoms with van der Waals surface area (Å²) in [6.45, 7) is 5.95. The lowest BCUT2D eigenvalue weighted by Crippen LogP contribution is -2.52. The Morgan fingerprint density at radius 1 is 1.21 bits per heavy atom. The Labute approximate surface area is 148 Å². The zero-order valence-corrected chi connectivity index (χ0v) is 15.0. The first kappa shape index (κ1) is 17.6. The number of urea groups is 1. The summed E-state index contributed by atoms with van der Waals surface area (Å²) >= 11 is 1.97. The standard InChI is InChI=1S/C18H27N3O2S/c22-18(19-13-16-5-2-1-3-6-16)21-7-4-12-24-15-17(21)14-20-8-10-23-11-9-20/h1-3,5-6,17H,4,7-15H2,(H,19,22)/t17-/m1/s1. The molecule has 0 spiro atoms. The highest BCUT2D eigenvalue weighted by Gasteiger charge is 2.27. The molecule has 1 aromatic rings. The van der Waals surface area contributed by atoms with Crippen LogP contribution in [-0.4, -0.2) is 72.8 Å². The fourth-order valence-electron chi connectivity index (χ4n) is 3.20. The number of carbonyl (C=O) groups excluding carboxylic acids is 1. The molecular weight excluding hydrogens is 322 g/mol. The quantitative estimate of drug-likeness (QED) is 0.903. The first-order valence-corrected chi connectivity index (χ1v) is 9.94. The number of nitrogens with one attached hydrogen (secondary N) is 1. The SMILES string of the molecule is O=C(NCc1ccccc1)N1CCCSC[C@H]1CN1CCOCC1. The van der Waals surface area contributed by atoms with Gasteiger partial charge in [0.1, 0.15) is 0 Å². The number of morpholine rings is 1. The maximum absolute atomic E-state index is 12.7. The van der Waals surface area contributed by atoms with Gasteiger partial charge in [-0.05, 0) is 17.7 Å². The van der Waals surface area contributed by atoms with Crippen LogP contribution < -0.4 is 5.32 Å². The van der Waals surface area contributed by atoms with Gasteiger partial charge in [0.15, 0.2) is 0 Å². The Morgan fingerprint density at radius 3 is 2.79 bits per heavy atom. The van der Waals surface area contributed by atoms with Crippen molar-refractivity contribution in [2.45, 2.75) is 19.0 Å². The number of thioether (sulfide) groups is 1. The van der Waals surface area contributed by atoms with Gasteiger partial charge in [-0.25, -0.2) is 4.79 Å². The Bertz CT molecular complexity index is 508. The number of nitrogens with zero attached hydrogens (tertiary/aromatic N) is 2. The van der Waals surface area contributed by atoms with Crippen LogP contribution in [0.4, 0.5) is 4.79 Å². The number of benzene rings is 1. The van der Waals surface area contributed by atoms with Crippen molar-refractivity contribution in [2.75, 3.05) is 50.9 Å². The summed E-state index contributed by atoms with van der Waals surface area (Å²) in [5, 5.41) is 3.10. The summed E-state index contributed by atoms with van der Waals surface area (Å²) in [6, 6.07) is 10.4. The molecule has 0 saturated carbocycles. The van der Waals surface area contributed by atoms with Crippen molar-refractivity contribution in [1.82, 2.24) is 15.1 Å². The van der Waals surface area contributed by atoms with Crippen LogP contribution in [0.2, 0.25) is 0 Å². The van der Waals surface area contributed by atoms with Crippen molar-refractivity contribution < 1.29 is 9.53 Å². The van der Waals surface area contributed by atoms with Crippen LogP contribution in [0.25, 0.3) is 0 Å². The fourth-order valence-corrected chi connectivity index (χ4v) is 4.26. The first-order chi connectivity index (χ1) is 11.8. The van der Waals surface area contributed by atoms with Gasteiger partial charge < -0.3 is 15.0 Å². The first-order valence-electron chi connectivity index (χ1n) is 8.79. The fraction of sp³-hybridized carbons (Fsp3) is 0.611. The van der Waals surface area contributed by atoms with Gasteiger partial charge in [0.25, 0.3) is 0 Å². The minimum absolute atomic E-state index is 0.0691. The molecule has 2 heterocycles. The minimum Gasteiger partial charge on any atom is -0.379 e. The molecular formula is C18H27N3O2S. The maximum Gasteiger partial charge on any atom is 0.317 e. The molecule has 0 bridgehead atoms. The monoisotopic (exact) mass is 349 g/mol. The smallest absolute Gasteiger partial charge is 0.317 e. The van der Waals surface area contributed by atoms with E-state index in [0.29, 0.717) is 6.54 Å². The Kier molecular flexibility index (Phi) is 6.81. The van der Waals surface area contributed by atoms with E-state index < -0.39 is 0 Å². The number of rotatable bonds is 4. The van der Waals surface area contributed by atoms with Crippen LogP contribution in [0.15, 0.2) is 30.3 Å². The molecule has 2 saturated heterocycles. The number of hydrogen-bond acceptors (Lipinski definition) is 4. The maximum atomic E-state index is 12.7. The highest BCUT2D eigenvalue weighted by Crippen LogP contribution is 2.18. The summed E-state index contributed by atoms with van der Waals surface area (Å²) in [5.74, 6) is 2.16. The van der Waals surface area contributed by atoms with E-state index in [9.17, 15) is 4.79 Å². The van der Waals surface area contributed by atoms with Gasteiger partial charge in [-0.2, -0.15) is 11.8 Å². The zero-order valence-electron chi connectivity index (χ0n) is 14.2. The van der Waals surface area contributed by atoms with Crippen LogP contribution in [-0.2, 0) is 11.3 Å². The van der Waals surface area contributed by atoms with Gasteiger partial charge in [-0.3, -0.25) is 4.90 Å². The highest BCUT2D eigenvalue weighted by molar-refractivity contribution is 7.99. The van der Waals surface area contributed by atoms with Gasteiger partial charge in [0, 0.05) is 38.5 Å². The van der Waals surface area contributed by atoms with Gasteiger partial charge in [0.2, 0.25) is 0 Å². The van der Waals surface area contributed by atoms with E-state index in [0.717, 1.165) is 62.9 Å². The van der Waals surface area contributed by atoms with E-state index in [2.05, 4.69) is 15.1 Å². The Morgan fingerprint density at radius 2 is 2.00 bits per heavy atom. The summed E-state index contributed by atoms with van der Waals surface area (Å²) in [7, 11) is 0. The number of carbonyl (C=O) groups is 1.